The molecule has 6 N–H and O–H groups in total. The van der Waals surface area contributed by atoms with Crippen LogP contribution in [0, 0.1) is 0 Å². The Hall–Kier alpha value is -0.0300. The summed E-state index contributed by atoms with van der Waals surface area (Å²) < 4.78 is 4.49. The number of esters is 1. The molecule has 1 atom stereocenters. The Kier molecular flexibility index (Phi) is 16.4. The molecule has 0 aliphatic heterocycles. The fourth-order valence-corrected chi connectivity index (χ4v) is 0.675. The van der Waals surface area contributed by atoms with Crippen molar-refractivity contribution in [1.82, 2.24) is 0 Å². The van der Waals surface area contributed by atoms with E-state index in [9.17, 15) is 4.79 Å². The number of ether oxygens (including phenoxy) is 1. The van der Waals surface area contributed by atoms with Crippen LogP contribution in [0.1, 0.15) is 12.8 Å². The summed E-state index contributed by atoms with van der Waals surface area (Å²) in [5.74, 6) is -0.228. The summed E-state index contributed by atoms with van der Waals surface area (Å²) in [5.41, 5.74) is 7.31. The van der Waals surface area contributed by atoms with Gasteiger partial charge in [0.25, 0.3) is 0 Å². The molecular weight excluding hydrogens is 203 g/mol. The number of quaternary nitrogens is 2. The lowest BCUT2D eigenvalue weighted by Crippen LogP contribution is -3.00. The zero-order chi connectivity index (χ0) is 7.98. The van der Waals surface area contributed by atoms with E-state index in [0.29, 0.717) is 0 Å². The predicted octanol–water partition coefficient (Wildman–Crippen LogP) is -8.20. The zero-order valence-electron chi connectivity index (χ0n) is 7.19. The van der Waals surface area contributed by atoms with Gasteiger partial charge in [0.2, 0.25) is 0 Å². The van der Waals surface area contributed by atoms with Crippen molar-refractivity contribution in [1.29, 1.82) is 0 Å². The van der Waals surface area contributed by atoms with Gasteiger partial charge < -0.3 is 41.0 Å². The van der Waals surface area contributed by atoms with Crippen molar-refractivity contribution in [3.05, 3.63) is 0 Å². The second-order valence-corrected chi connectivity index (χ2v) is 2.22. The Morgan fingerprint density at radius 3 is 2.33 bits per heavy atom. The molecule has 0 fully saturated rings. The minimum Gasteiger partial charge on any atom is -1.00 e. The van der Waals surface area contributed by atoms with Crippen molar-refractivity contribution in [2.45, 2.75) is 18.9 Å². The maximum Gasteiger partial charge on any atom is 0.364 e. The van der Waals surface area contributed by atoms with Crippen molar-refractivity contribution in [2.75, 3.05) is 13.7 Å². The molecule has 76 valence electrons. The highest BCUT2D eigenvalue weighted by molar-refractivity contribution is 5.73. The molecule has 0 aromatic rings. The maximum atomic E-state index is 10.7. The molecule has 0 saturated heterocycles. The Balaban J connectivity index is -0.000000405. The van der Waals surface area contributed by atoms with E-state index in [0.717, 1.165) is 19.4 Å². The number of methoxy groups -OCH3 is 1. The van der Waals surface area contributed by atoms with E-state index in [2.05, 4.69) is 16.2 Å². The highest BCUT2D eigenvalue weighted by Gasteiger charge is 2.16. The molecule has 0 radical (unpaired) electrons. The Morgan fingerprint density at radius 1 is 1.50 bits per heavy atom. The van der Waals surface area contributed by atoms with Gasteiger partial charge in [-0.1, -0.05) is 0 Å². The van der Waals surface area contributed by atoms with Gasteiger partial charge in [0, 0.05) is 12.8 Å². The SMILES string of the molecule is COC(=O)C([NH3+])CCC[NH3+].[Cl-].[Cl-]. The highest BCUT2D eigenvalue weighted by atomic mass is 35.5. The molecule has 0 aromatic heterocycles. The summed E-state index contributed by atoms with van der Waals surface area (Å²) in [7, 11) is 1.38. The topological polar surface area (TPSA) is 81.6 Å². The number of carbonyl (C=O) groups is 1. The van der Waals surface area contributed by atoms with E-state index in [1.54, 1.807) is 0 Å². The molecule has 0 heterocycles. The molecular formula is C6H16Cl2N2O2. The van der Waals surface area contributed by atoms with E-state index in [1.807, 2.05) is 0 Å². The summed E-state index contributed by atoms with van der Waals surface area (Å²) in [6.07, 6.45) is 1.71. The van der Waals surface area contributed by atoms with Gasteiger partial charge in [0.05, 0.1) is 13.7 Å². The van der Waals surface area contributed by atoms with E-state index in [4.69, 9.17) is 0 Å². The lowest BCUT2D eigenvalue weighted by atomic mass is 10.2. The van der Waals surface area contributed by atoms with Crippen LogP contribution in [0.25, 0.3) is 0 Å². The fourth-order valence-electron chi connectivity index (χ4n) is 0.675. The monoisotopic (exact) mass is 218 g/mol. The minimum absolute atomic E-state index is 0. The fraction of sp³-hybridized carbons (Fsp3) is 0.833. The molecule has 1 unspecified atom stereocenters. The quantitative estimate of drug-likeness (QED) is 0.460. The van der Waals surface area contributed by atoms with E-state index in [-0.39, 0.29) is 36.8 Å². The number of halogens is 2. The van der Waals surface area contributed by atoms with Crippen LogP contribution in [0.2, 0.25) is 0 Å². The second-order valence-electron chi connectivity index (χ2n) is 2.22. The molecule has 4 nitrogen and oxygen atoms in total. The third kappa shape index (κ3) is 8.07. The third-order valence-corrected chi connectivity index (χ3v) is 1.34. The summed E-state index contributed by atoms with van der Waals surface area (Å²) in [5, 5.41) is 0. The van der Waals surface area contributed by atoms with Gasteiger partial charge in [-0.3, -0.25) is 0 Å². The first kappa shape index (κ1) is 17.9. The van der Waals surface area contributed by atoms with Crippen molar-refractivity contribution in [3.63, 3.8) is 0 Å². The molecule has 0 aliphatic rings. The molecule has 0 rings (SSSR count). The number of hydrogen-bond acceptors (Lipinski definition) is 2. The predicted molar refractivity (Wildman–Crippen MR) is 35.7 cm³/mol. The van der Waals surface area contributed by atoms with Gasteiger partial charge in [-0.05, 0) is 0 Å². The molecule has 0 saturated carbocycles. The Morgan fingerprint density at radius 2 is 2.00 bits per heavy atom. The van der Waals surface area contributed by atoms with E-state index in [1.165, 1.54) is 7.11 Å². The van der Waals surface area contributed by atoms with Gasteiger partial charge in [0.1, 0.15) is 0 Å². The maximum absolute atomic E-state index is 10.7. The first-order valence-corrected chi connectivity index (χ1v) is 3.42. The molecule has 0 bridgehead atoms. The summed E-state index contributed by atoms with van der Waals surface area (Å²) in [6.45, 7) is 0.850. The van der Waals surface area contributed by atoms with Crippen molar-refractivity contribution >= 4 is 5.97 Å². The van der Waals surface area contributed by atoms with Crippen LogP contribution < -0.4 is 36.3 Å². The molecule has 12 heavy (non-hydrogen) atoms. The van der Waals surface area contributed by atoms with Crippen LogP contribution in [0.5, 0.6) is 0 Å². The highest BCUT2D eigenvalue weighted by Crippen LogP contribution is 1.91. The first-order valence-electron chi connectivity index (χ1n) is 3.42. The van der Waals surface area contributed by atoms with Crippen LogP contribution in [-0.4, -0.2) is 25.7 Å². The normalized spacial score (nSPS) is 10.6. The Labute approximate surface area is 84.8 Å². The van der Waals surface area contributed by atoms with Gasteiger partial charge in [-0.15, -0.1) is 0 Å². The van der Waals surface area contributed by atoms with Gasteiger partial charge >= 0.3 is 5.97 Å². The minimum atomic E-state index is -0.228. The van der Waals surface area contributed by atoms with Crippen LogP contribution in [-0.2, 0) is 9.53 Å². The average molecular weight is 219 g/mol. The standard InChI is InChI=1S/C6H14N2O2.2ClH/c1-10-6(9)5(8)3-2-4-7;;/h5H,2-4,7-8H2,1H3;2*1H. The van der Waals surface area contributed by atoms with E-state index >= 15 is 0 Å². The average Bonchev–Trinajstić information content (AvgIpc) is 1.98. The largest absolute Gasteiger partial charge is 1.00 e. The van der Waals surface area contributed by atoms with Crippen LogP contribution in [0.4, 0.5) is 0 Å². The number of carbonyl (C=O) groups excluding carboxylic acids is 1. The van der Waals surface area contributed by atoms with Gasteiger partial charge in [-0.2, -0.15) is 0 Å². The van der Waals surface area contributed by atoms with Crippen LogP contribution in [0.3, 0.4) is 0 Å². The Bertz CT molecular complexity index is 114. The van der Waals surface area contributed by atoms with Crippen molar-refractivity contribution in [2.24, 2.45) is 0 Å². The van der Waals surface area contributed by atoms with Gasteiger partial charge in [-0.25, -0.2) is 4.79 Å². The summed E-state index contributed by atoms with van der Waals surface area (Å²) >= 11 is 0. The number of rotatable bonds is 4. The second kappa shape index (κ2) is 11.0. The number of hydrogen-bond donors (Lipinski definition) is 2. The lowest BCUT2D eigenvalue weighted by molar-refractivity contribution is -0.415. The summed E-state index contributed by atoms with van der Waals surface area (Å²) in [4.78, 5) is 10.7. The van der Waals surface area contributed by atoms with Gasteiger partial charge in [0.15, 0.2) is 6.04 Å². The smallest absolute Gasteiger partial charge is 0.364 e. The molecule has 0 amide bonds. The van der Waals surface area contributed by atoms with Crippen molar-refractivity contribution < 1.29 is 45.8 Å². The van der Waals surface area contributed by atoms with Crippen molar-refractivity contribution in [3.8, 4) is 0 Å². The first-order chi connectivity index (χ1) is 4.72. The molecule has 6 heteroatoms. The zero-order valence-corrected chi connectivity index (χ0v) is 8.70. The van der Waals surface area contributed by atoms with Crippen LogP contribution >= 0.6 is 0 Å². The molecule has 0 aliphatic carbocycles. The third-order valence-electron chi connectivity index (χ3n) is 1.34. The molecule has 0 spiro atoms. The summed E-state index contributed by atoms with van der Waals surface area (Å²) in [6, 6.07) is -0.216. The molecule has 0 aromatic carbocycles. The lowest BCUT2D eigenvalue weighted by Gasteiger charge is -2.02. The van der Waals surface area contributed by atoms with E-state index < -0.39 is 0 Å². The van der Waals surface area contributed by atoms with Crippen LogP contribution in [0.15, 0.2) is 0 Å².